The third-order valence-electron chi connectivity index (χ3n) is 4.35. The van der Waals surface area contributed by atoms with Crippen molar-refractivity contribution in [3.8, 4) is 5.75 Å². The average Bonchev–Trinajstić information content (AvgIpc) is 3.10. The number of benzene rings is 2. The number of nitrogens with zero attached hydrogens (tertiary/aromatic N) is 2. The third-order valence-corrected chi connectivity index (χ3v) is 4.65. The molecule has 1 atom stereocenters. The van der Waals surface area contributed by atoms with Gasteiger partial charge in [0.05, 0.1) is 12.1 Å². The Balaban J connectivity index is 1.53. The quantitative estimate of drug-likeness (QED) is 0.633. The van der Waals surface area contributed by atoms with Crippen molar-refractivity contribution >= 4 is 28.9 Å². The van der Waals surface area contributed by atoms with Gasteiger partial charge in [-0.05, 0) is 42.7 Å². The van der Waals surface area contributed by atoms with Crippen LogP contribution in [0.1, 0.15) is 6.42 Å². The summed E-state index contributed by atoms with van der Waals surface area (Å²) in [6.45, 7) is 2.78. The van der Waals surface area contributed by atoms with E-state index in [-0.39, 0.29) is 0 Å². The van der Waals surface area contributed by atoms with E-state index < -0.39 is 0 Å². The Hall–Kier alpha value is -2.40. The fraction of sp³-hybridized carbons (Fsp3) is 0.316. The Morgan fingerprint density at radius 2 is 2.12 bits per heavy atom. The molecule has 3 rings (SSSR count). The molecule has 0 saturated carbocycles. The first kappa shape index (κ1) is 17.4. The molecule has 5 nitrogen and oxygen atoms in total. The Morgan fingerprint density at radius 3 is 2.84 bits per heavy atom. The van der Waals surface area contributed by atoms with Crippen molar-refractivity contribution < 1.29 is 4.74 Å². The average molecular weight is 359 g/mol. The van der Waals surface area contributed by atoms with E-state index >= 15 is 0 Å². The molecule has 1 unspecified atom stereocenters. The van der Waals surface area contributed by atoms with Crippen LogP contribution in [-0.2, 0) is 0 Å². The van der Waals surface area contributed by atoms with Crippen LogP contribution in [0.4, 0.5) is 11.4 Å². The smallest absolute Gasteiger partial charge is 0.193 e. The second-order valence-corrected chi connectivity index (χ2v) is 6.54. The molecular weight excluding hydrogens is 336 g/mol. The minimum atomic E-state index is 0.402. The van der Waals surface area contributed by atoms with Gasteiger partial charge in [-0.2, -0.15) is 0 Å². The van der Waals surface area contributed by atoms with Crippen molar-refractivity contribution in [1.29, 1.82) is 0 Å². The van der Waals surface area contributed by atoms with Crippen LogP contribution in [0, 0.1) is 5.92 Å². The highest BCUT2D eigenvalue weighted by Crippen LogP contribution is 2.27. The third kappa shape index (κ3) is 4.57. The van der Waals surface area contributed by atoms with Gasteiger partial charge in [0.15, 0.2) is 5.96 Å². The molecule has 2 aromatic carbocycles. The van der Waals surface area contributed by atoms with Crippen molar-refractivity contribution in [2.45, 2.75) is 6.42 Å². The molecular formula is C19H23ClN4O. The molecule has 6 heteroatoms. The molecule has 0 aliphatic carbocycles. The van der Waals surface area contributed by atoms with E-state index in [0.29, 0.717) is 29.2 Å². The second-order valence-electron chi connectivity index (χ2n) is 6.14. The number of nitrogens with two attached hydrogens (primary N) is 1. The first-order valence-electron chi connectivity index (χ1n) is 8.36. The van der Waals surface area contributed by atoms with E-state index in [4.69, 9.17) is 22.1 Å². The minimum Gasteiger partial charge on any atom is -0.495 e. The van der Waals surface area contributed by atoms with Gasteiger partial charge in [0.1, 0.15) is 5.75 Å². The van der Waals surface area contributed by atoms with E-state index in [2.05, 4.69) is 39.5 Å². The highest BCUT2D eigenvalue weighted by atomic mass is 35.5. The number of ether oxygens (including phenoxy) is 1. The van der Waals surface area contributed by atoms with Crippen LogP contribution < -0.4 is 20.7 Å². The molecule has 3 N–H and O–H groups in total. The fourth-order valence-electron chi connectivity index (χ4n) is 3.01. The summed E-state index contributed by atoms with van der Waals surface area (Å²) in [5.41, 5.74) is 8.07. The number of para-hydroxylation sites is 1. The first-order valence-corrected chi connectivity index (χ1v) is 8.74. The van der Waals surface area contributed by atoms with Gasteiger partial charge in [-0.15, -0.1) is 0 Å². The van der Waals surface area contributed by atoms with E-state index in [1.807, 2.05) is 12.1 Å². The van der Waals surface area contributed by atoms with Crippen LogP contribution >= 0.6 is 11.6 Å². The Labute approximate surface area is 153 Å². The van der Waals surface area contributed by atoms with Crippen LogP contribution in [0.15, 0.2) is 53.5 Å². The number of hydrogen-bond donors (Lipinski definition) is 2. The monoisotopic (exact) mass is 358 g/mol. The zero-order valence-electron chi connectivity index (χ0n) is 14.3. The van der Waals surface area contributed by atoms with E-state index in [9.17, 15) is 0 Å². The number of anilines is 2. The van der Waals surface area contributed by atoms with Gasteiger partial charge in [0.25, 0.3) is 0 Å². The summed E-state index contributed by atoms with van der Waals surface area (Å²) in [6, 6.07) is 15.9. The molecule has 0 aromatic heterocycles. The summed E-state index contributed by atoms with van der Waals surface area (Å²) in [4.78, 5) is 6.88. The summed E-state index contributed by atoms with van der Waals surface area (Å²) in [6.07, 6.45) is 1.13. The molecule has 1 aliphatic heterocycles. The van der Waals surface area contributed by atoms with Gasteiger partial charge in [0, 0.05) is 31.0 Å². The van der Waals surface area contributed by atoms with Gasteiger partial charge < -0.3 is 20.7 Å². The van der Waals surface area contributed by atoms with Gasteiger partial charge >= 0.3 is 0 Å². The first-order chi connectivity index (χ1) is 12.2. The van der Waals surface area contributed by atoms with E-state index in [1.54, 1.807) is 19.2 Å². The van der Waals surface area contributed by atoms with Crippen molar-refractivity contribution in [3.63, 3.8) is 0 Å². The van der Waals surface area contributed by atoms with Crippen LogP contribution in [0.2, 0.25) is 5.02 Å². The topological polar surface area (TPSA) is 62.9 Å². The standard InChI is InChI=1S/C19H23ClN4O/c1-25-18-8-7-15(11-17(18)20)23-19(21)22-12-14-9-10-24(13-14)16-5-3-2-4-6-16/h2-8,11,14H,9-10,12-13H2,1H3,(H3,21,22,23). The van der Waals surface area contributed by atoms with Crippen molar-refractivity contribution in [1.82, 2.24) is 0 Å². The summed E-state index contributed by atoms with van der Waals surface area (Å²) in [5.74, 6) is 1.55. The SMILES string of the molecule is COc1ccc(NC(N)=NCC2CCN(c3ccccc3)C2)cc1Cl. The van der Waals surface area contributed by atoms with Crippen LogP contribution in [-0.4, -0.2) is 32.7 Å². The number of aliphatic imine (C=N–C) groups is 1. The Kier molecular flexibility index (Phi) is 5.66. The molecule has 25 heavy (non-hydrogen) atoms. The lowest BCUT2D eigenvalue weighted by Crippen LogP contribution is -2.25. The molecule has 1 heterocycles. The van der Waals surface area contributed by atoms with Crippen molar-refractivity contribution in [3.05, 3.63) is 53.6 Å². The highest BCUT2D eigenvalue weighted by molar-refractivity contribution is 6.32. The normalized spacial score (nSPS) is 17.6. The summed E-state index contributed by atoms with van der Waals surface area (Å²) in [5, 5.41) is 3.61. The minimum absolute atomic E-state index is 0.402. The van der Waals surface area contributed by atoms with Crippen molar-refractivity contribution in [2.24, 2.45) is 16.6 Å². The molecule has 2 aromatic rings. The lowest BCUT2D eigenvalue weighted by atomic mass is 10.1. The zero-order valence-corrected chi connectivity index (χ0v) is 15.0. The lowest BCUT2D eigenvalue weighted by Gasteiger charge is -2.18. The van der Waals surface area contributed by atoms with Gasteiger partial charge in [-0.3, -0.25) is 4.99 Å². The molecule has 1 saturated heterocycles. The van der Waals surface area contributed by atoms with E-state index in [0.717, 1.165) is 25.2 Å². The Morgan fingerprint density at radius 1 is 1.32 bits per heavy atom. The Bertz CT molecular complexity index is 735. The van der Waals surface area contributed by atoms with Crippen LogP contribution in [0.3, 0.4) is 0 Å². The number of halogens is 1. The number of methoxy groups -OCH3 is 1. The predicted octanol–water partition coefficient (Wildman–Crippen LogP) is 3.60. The van der Waals surface area contributed by atoms with E-state index in [1.165, 1.54) is 5.69 Å². The van der Waals surface area contributed by atoms with Crippen LogP contribution in [0.25, 0.3) is 0 Å². The lowest BCUT2D eigenvalue weighted by molar-refractivity contribution is 0.415. The maximum atomic E-state index is 6.12. The summed E-state index contributed by atoms with van der Waals surface area (Å²) >= 11 is 6.12. The zero-order chi connectivity index (χ0) is 17.6. The fourth-order valence-corrected chi connectivity index (χ4v) is 3.27. The van der Waals surface area contributed by atoms with Gasteiger partial charge in [0.2, 0.25) is 0 Å². The molecule has 0 amide bonds. The van der Waals surface area contributed by atoms with Crippen LogP contribution in [0.5, 0.6) is 5.75 Å². The molecule has 132 valence electrons. The second kappa shape index (κ2) is 8.12. The van der Waals surface area contributed by atoms with Gasteiger partial charge in [-0.1, -0.05) is 29.8 Å². The van der Waals surface area contributed by atoms with Crippen molar-refractivity contribution in [2.75, 3.05) is 37.0 Å². The molecule has 1 aliphatic rings. The largest absolute Gasteiger partial charge is 0.495 e. The number of nitrogens with one attached hydrogen (secondary N) is 1. The number of guanidine groups is 1. The number of rotatable bonds is 5. The molecule has 0 radical (unpaired) electrons. The highest BCUT2D eigenvalue weighted by Gasteiger charge is 2.22. The molecule has 1 fully saturated rings. The maximum Gasteiger partial charge on any atom is 0.193 e. The molecule has 0 spiro atoms. The maximum absolute atomic E-state index is 6.12. The van der Waals surface area contributed by atoms with Gasteiger partial charge in [-0.25, -0.2) is 0 Å². The summed E-state index contributed by atoms with van der Waals surface area (Å²) < 4.78 is 5.14. The predicted molar refractivity (Wildman–Crippen MR) is 105 cm³/mol. The molecule has 0 bridgehead atoms. The summed E-state index contributed by atoms with van der Waals surface area (Å²) in [7, 11) is 1.59. The number of hydrogen-bond acceptors (Lipinski definition) is 3.